The fraction of sp³-hybridized carbons (Fsp3) is 0.467. The first-order valence-corrected chi connectivity index (χ1v) is 7.14. The minimum Gasteiger partial charge on any atom is -0.341 e. The van der Waals surface area contributed by atoms with Gasteiger partial charge in [-0.3, -0.25) is 4.79 Å². The summed E-state index contributed by atoms with van der Waals surface area (Å²) in [6.45, 7) is 3.75. The van der Waals surface area contributed by atoms with Gasteiger partial charge >= 0.3 is 6.03 Å². The summed E-state index contributed by atoms with van der Waals surface area (Å²) in [5, 5.41) is 11.4. The van der Waals surface area contributed by atoms with Crippen LogP contribution in [0.2, 0.25) is 0 Å². The predicted molar refractivity (Wildman–Crippen MR) is 83.4 cm³/mol. The van der Waals surface area contributed by atoms with E-state index in [1.54, 1.807) is 31.3 Å². The second-order valence-electron chi connectivity index (χ2n) is 5.55. The van der Waals surface area contributed by atoms with Crippen LogP contribution in [-0.4, -0.2) is 32.1 Å². The van der Waals surface area contributed by atoms with Crippen molar-refractivity contribution >= 4 is 23.3 Å². The molecule has 2 rings (SSSR count). The average molecular weight is 290 g/mol. The Morgan fingerprint density at radius 1 is 1.05 bits per heavy atom. The van der Waals surface area contributed by atoms with Gasteiger partial charge in [0.05, 0.1) is 0 Å². The van der Waals surface area contributed by atoms with E-state index in [-0.39, 0.29) is 17.4 Å². The number of piperidine rings is 1. The number of anilines is 2. The molecular formula is C15H22N4O2. The van der Waals surface area contributed by atoms with E-state index in [4.69, 9.17) is 0 Å². The van der Waals surface area contributed by atoms with Gasteiger partial charge in [0.2, 0.25) is 5.91 Å². The maximum Gasteiger partial charge on any atom is 0.318 e. The molecular weight excluding hydrogens is 268 g/mol. The third-order valence-electron chi connectivity index (χ3n) is 3.88. The molecule has 21 heavy (non-hydrogen) atoms. The third-order valence-corrected chi connectivity index (χ3v) is 3.88. The zero-order chi connectivity index (χ0) is 15.3. The van der Waals surface area contributed by atoms with Gasteiger partial charge in [0.25, 0.3) is 0 Å². The summed E-state index contributed by atoms with van der Waals surface area (Å²) in [6.07, 6.45) is 1.68. The third kappa shape index (κ3) is 3.95. The lowest BCUT2D eigenvalue weighted by molar-refractivity contribution is -0.126. The topological polar surface area (TPSA) is 82.3 Å². The van der Waals surface area contributed by atoms with Crippen molar-refractivity contribution in [1.82, 2.24) is 10.6 Å². The van der Waals surface area contributed by atoms with Crippen molar-refractivity contribution in [3.8, 4) is 0 Å². The number of carbonyl (C=O) groups is 2. The number of hydrogen-bond donors (Lipinski definition) is 4. The average Bonchev–Trinajstić information content (AvgIpc) is 2.50. The molecule has 3 amide bonds. The molecule has 1 saturated heterocycles. The fourth-order valence-corrected chi connectivity index (χ4v) is 2.32. The largest absolute Gasteiger partial charge is 0.341 e. The Bertz CT molecular complexity index is 507. The van der Waals surface area contributed by atoms with Gasteiger partial charge in [-0.2, -0.15) is 0 Å². The van der Waals surface area contributed by atoms with Crippen LogP contribution >= 0.6 is 0 Å². The Morgan fingerprint density at radius 3 is 2.10 bits per heavy atom. The van der Waals surface area contributed by atoms with Gasteiger partial charge in [-0.25, -0.2) is 4.79 Å². The number of benzene rings is 1. The van der Waals surface area contributed by atoms with E-state index in [9.17, 15) is 9.59 Å². The molecule has 4 N–H and O–H groups in total. The molecule has 1 aromatic rings. The molecule has 1 fully saturated rings. The standard InChI is InChI=1S/C15H22N4O2/c1-15(7-9-17-10-8-15)13(20)18-11-3-5-12(6-4-11)19-14(21)16-2/h3-6,17H,7-10H2,1-2H3,(H,18,20)(H2,16,19,21). The molecule has 0 spiro atoms. The number of rotatable bonds is 3. The van der Waals surface area contributed by atoms with Crippen molar-refractivity contribution in [1.29, 1.82) is 0 Å². The lowest BCUT2D eigenvalue weighted by atomic mass is 9.80. The highest BCUT2D eigenvalue weighted by Gasteiger charge is 2.34. The van der Waals surface area contributed by atoms with Gasteiger partial charge in [-0.1, -0.05) is 6.92 Å². The van der Waals surface area contributed by atoms with Gasteiger partial charge in [0.15, 0.2) is 0 Å². The lowest BCUT2D eigenvalue weighted by Crippen LogP contribution is -2.42. The second kappa shape index (κ2) is 6.58. The summed E-state index contributed by atoms with van der Waals surface area (Å²) in [5.74, 6) is 0.0519. The molecule has 0 unspecified atom stereocenters. The summed E-state index contributed by atoms with van der Waals surface area (Å²) < 4.78 is 0. The number of amides is 3. The Hall–Kier alpha value is -2.08. The van der Waals surface area contributed by atoms with Crippen LogP contribution in [0.1, 0.15) is 19.8 Å². The number of carbonyl (C=O) groups excluding carboxylic acids is 2. The summed E-state index contributed by atoms with van der Waals surface area (Å²) in [4.78, 5) is 23.6. The van der Waals surface area contributed by atoms with E-state index >= 15 is 0 Å². The summed E-state index contributed by atoms with van der Waals surface area (Å²) >= 11 is 0. The van der Waals surface area contributed by atoms with Gasteiger partial charge in [0, 0.05) is 23.8 Å². The zero-order valence-electron chi connectivity index (χ0n) is 12.5. The van der Waals surface area contributed by atoms with Crippen LogP contribution in [0.3, 0.4) is 0 Å². The van der Waals surface area contributed by atoms with E-state index in [0.29, 0.717) is 5.69 Å². The summed E-state index contributed by atoms with van der Waals surface area (Å²) in [7, 11) is 1.56. The van der Waals surface area contributed by atoms with Gasteiger partial charge in [0.1, 0.15) is 0 Å². The first-order valence-electron chi connectivity index (χ1n) is 7.14. The Morgan fingerprint density at radius 2 is 1.57 bits per heavy atom. The molecule has 1 aliphatic rings. The van der Waals surface area contributed by atoms with Gasteiger partial charge in [-0.15, -0.1) is 0 Å². The van der Waals surface area contributed by atoms with Crippen LogP contribution in [0.25, 0.3) is 0 Å². The predicted octanol–water partition coefficient (Wildman–Crippen LogP) is 1.77. The Labute approximate surface area is 124 Å². The van der Waals surface area contributed by atoms with Crippen LogP contribution in [0.15, 0.2) is 24.3 Å². The van der Waals surface area contributed by atoms with Crippen molar-refractivity contribution < 1.29 is 9.59 Å². The first kappa shape index (κ1) is 15.3. The van der Waals surface area contributed by atoms with Crippen molar-refractivity contribution in [2.24, 2.45) is 5.41 Å². The molecule has 1 aromatic carbocycles. The van der Waals surface area contributed by atoms with E-state index in [1.165, 1.54) is 0 Å². The molecule has 0 aliphatic carbocycles. The van der Waals surface area contributed by atoms with Crippen LogP contribution in [0, 0.1) is 5.41 Å². The second-order valence-corrected chi connectivity index (χ2v) is 5.55. The maximum atomic E-state index is 12.4. The van der Waals surface area contributed by atoms with Crippen LogP contribution < -0.4 is 21.3 Å². The number of urea groups is 1. The number of hydrogen-bond acceptors (Lipinski definition) is 3. The number of nitrogens with one attached hydrogen (secondary N) is 4. The van der Waals surface area contributed by atoms with E-state index in [1.807, 2.05) is 6.92 Å². The minimum absolute atomic E-state index is 0.0519. The summed E-state index contributed by atoms with van der Waals surface area (Å²) in [5.41, 5.74) is 1.10. The normalized spacial score (nSPS) is 16.9. The molecule has 0 atom stereocenters. The minimum atomic E-state index is -0.315. The molecule has 0 radical (unpaired) electrons. The van der Waals surface area contributed by atoms with Crippen molar-refractivity contribution in [3.05, 3.63) is 24.3 Å². The lowest BCUT2D eigenvalue weighted by Gasteiger charge is -2.32. The molecule has 1 heterocycles. The van der Waals surface area contributed by atoms with Crippen molar-refractivity contribution in [3.63, 3.8) is 0 Å². The fourth-order valence-electron chi connectivity index (χ4n) is 2.32. The first-order chi connectivity index (χ1) is 10.0. The molecule has 0 saturated carbocycles. The highest BCUT2D eigenvalue weighted by molar-refractivity contribution is 5.95. The summed E-state index contributed by atoms with van der Waals surface area (Å²) in [6, 6.07) is 6.82. The molecule has 0 bridgehead atoms. The van der Waals surface area contributed by atoms with E-state index in [2.05, 4.69) is 21.3 Å². The van der Waals surface area contributed by atoms with E-state index < -0.39 is 0 Å². The monoisotopic (exact) mass is 290 g/mol. The highest BCUT2D eigenvalue weighted by atomic mass is 16.2. The quantitative estimate of drug-likeness (QED) is 0.684. The van der Waals surface area contributed by atoms with Crippen molar-refractivity contribution in [2.75, 3.05) is 30.8 Å². The molecule has 1 aliphatic heterocycles. The van der Waals surface area contributed by atoms with Crippen LogP contribution in [0.4, 0.5) is 16.2 Å². The molecule has 6 nitrogen and oxygen atoms in total. The van der Waals surface area contributed by atoms with Crippen molar-refractivity contribution in [2.45, 2.75) is 19.8 Å². The van der Waals surface area contributed by atoms with Crippen LogP contribution in [-0.2, 0) is 4.79 Å². The van der Waals surface area contributed by atoms with Crippen LogP contribution in [0.5, 0.6) is 0 Å². The van der Waals surface area contributed by atoms with E-state index in [0.717, 1.165) is 31.6 Å². The maximum absolute atomic E-state index is 12.4. The SMILES string of the molecule is CNC(=O)Nc1ccc(NC(=O)C2(C)CCNCC2)cc1. The Balaban J connectivity index is 1.96. The Kier molecular flexibility index (Phi) is 4.80. The smallest absolute Gasteiger partial charge is 0.318 e. The van der Waals surface area contributed by atoms with Gasteiger partial charge < -0.3 is 21.3 Å². The molecule has 6 heteroatoms. The van der Waals surface area contributed by atoms with Gasteiger partial charge in [-0.05, 0) is 50.2 Å². The molecule has 0 aromatic heterocycles. The molecule has 114 valence electrons. The zero-order valence-corrected chi connectivity index (χ0v) is 12.5. The highest BCUT2D eigenvalue weighted by Crippen LogP contribution is 2.29.